The minimum Gasteiger partial charge on any atom is -0.385 e. The average Bonchev–Trinajstić information content (AvgIpc) is 2.24. The molecule has 6 nitrogen and oxygen atoms in total. The quantitative estimate of drug-likeness (QED) is 0.467. The van der Waals surface area contributed by atoms with Gasteiger partial charge >= 0.3 is 0 Å². The molecular weight excluding hydrogens is 210 g/mol. The number of carbonyl (C=O) groups excluding carboxylic acids is 2. The SMILES string of the molecule is COCCCC(N)C(=O)NCCNC(C)=O. The van der Waals surface area contributed by atoms with E-state index >= 15 is 0 Å². The minimum absolute atomic E-state index is 0.112. The molecule has 0 spiro atoms. The molecular formula is C10H21N3O3. The van der Waals surface area contributed by atoms with Crippen molar-refractivity contribution < 1.29 is 14.3 Å². The van der Waals surface area contributed by atoms with E-state index in [0.29, 0.717) is 26.1 Å². The number of hydrogen-bond donors (Lipinski definition) is 3. The summed E-state index contributed by atoms with van der Waals surface area (Å²) in [7, 11) is 1.61. The third kappa shape index (κ3) is 8.19. The largest absolute Gasteiger partial charge is 0.385 e. The van der Waals surface area contributed by atoms with E-state index in [1.807, 2.05) is 0 Å². The summed E-state index contributed by atoms with van der Waals surface area (Å²) >= 11 is 0. The maximum absolute atomic E-state index is 11.4. The van der Waals surface area contributed by atoms with Gasteiger partial charge in [0.1, 0.15) is 0 Å². The highest BCUT2D eigenvalue weighted by Crippen LogP contribution is 1.94. The fourth-order valence-electron chi connectivity index (χ4n) is 1.13. The maximum atomic E-state index is 11.4. The standard InChI is InChI=1S/C10H21N3O3/c1-8(14)12-5-6-13-10(15)9(11)4-3-7-16-2/h9H,3-7,11H2,1-2H3,(H,12,14)(H,13,15). The van der Waals surface area contributed by atoms with E-state index in [9.17, 15) is 9.59 Å². The fraction of sp³-hybridized carbons (Fsp3) is 0.800. The zero-order valence-electron chi connectivity index (χ0n) is 9.91. The Morgan fingerprint density at radius 2 is 1.94 bits per heavy atom. The van der Waals surface area contributed by atoms with E-state index in [1.165, 1.54) is 6.92 Å². The molecule has 0 bridgehead atoms. The summed E-state index contributed by atoms with van der Waals surface area (Å²) in [6, 6.07) is -0.507. The molecule has 1 unspecified atom stereocenters. The van der Waals surface area contributed by atoms with Crippen LogP contribution in [0.4, 0.5) is 0 Å². The predicted molar refractivity (Wildman–Crippen MR) is 60.8 cm³/mol. The van der Waals surface area contributed by atoms with E-state index in [0.717, 1.165) is 6.42 Å². The van der Waals surface area contributed by atoms with Crippen LogP contribution in [0, 0.1) is 0 Å². The van der Waals surface area contributed by atoms with E-state index < -0.39 is 6.04 Å². The molecule has 2 amide bonds. The van der Waals surface area contributed by atoms with Crippen LogP contribution in [-0.4, -0.2) is 44.7 Å². The molecule has 0 aliphatic heterocycles. The van der Waals surface area contributed by atoms with Crippen molar-refractivity contribution in [3.63, 3.8) is 0 Å². The van der Waals surface area contributed by atoms with Crippen molar-refractivity contribution in [3.05, 3.63) is 0 Å². The van der Waals surface area contributed by atoms with Crippen LogP contribution < -0.4 is 16.4 Å². The van der Waals surface area contributed by atoms with Gasteiger partial charge in [-0.15, -0.1) is 0 Å². The summed E-state index contributed by atoms with van der Waals surface area (Å²) in [5.74, 6) is -0.305. The van der Waals surface area contributed by atoms with Crippen molar-refractivity contribution in [2.45, 2.75) is 25.8 Å². The lowest BCUT2D eigenvalue weighted by molar-refractivity contribution is -0.123. The normalized spacial score (nSPS) is 11.9. The average molecular weight is 231 g/mol. The van der Waals surface area contributed by atoms with Crippen molar-refractivity contribution >= 4 is 11.8 Å². The Hall–Kier alpha value is -1.14. The van der Waals surface area contributed by atoms with Gasteiger partial charge in [-0.1, -0.05) is 0 Å². The van der Waals surface area contributed by atoms with Gasteiger partial charge in [0.15, 0.2) is 0 Å². The van der Waals surface area contributed by atoms with Gasteiger partial charge < -0.3 is 21.1 Å². The first-order chi connectivity index (χ1) is 7.57. The second-order valence-electron chi connectivity index (χ2n) is 3.52. The topological polar surface area (TPSA) is 93.4 Å². The molecule has 0 aromatic carbocycles. The van der Waals surface area contributed by atoms with Gasteiger partial charge in [0, 0.05) is 33.7 Å². The molecule has 6 heteroatoms. The van der Waals surface area contributed by atoms with Crippen LogP contribution in [0.15, 0.2) is 0 Å². The minimum atomic E-state index is -0.507. The van der Waals surface area contributed by atoms with Gasteiger partial charge in [0.2, 0.25) is 11.8 Å². The van der Waals surface area contributed by atoms with Gasteiger partial charge in [-0.2, -0.15) is 0 Å². The van der Waals surface area contributed by atoms with Crippen molar-refractivity contribution in [2.24, 2.45) is 5.73 Å². The van der Waals surface area contributed by atoms with Gasteiger partial charge in [-0.05, 0) is 12.8 Å². The molecule has 0 rings (SSSR count). The Labute approximate surface area is 95.9 Å². The molecule has 0 saturated carbocycles. The Morgan fingerprint density at radius 1 is 1.31 bits per heavy atom. The first-order valence-corrected chi connectivity index (χ1v) is 5.34. The highest BCUT2D eigenvalue weighted by Gasteiger charge is 2.11. The number of nitrogens with one attached hydrogen (secondary N) is 2. The Kier molecular flexibility index (Phi) is 8.46. The number of methoxy groups -OCH3 is 1. The molecule has 1 atom stereocenters. The molecule has 0 heterocycles. The van der Waals surface area contributed by atoms with Crippen molar-refractivity contribution in [1.82, 2.24) is 10.6 Å². The third-order valence-electron chi connectivity index (χ3n) is 2.00. The molecule has 0 aliphatic rings. The number of carbonyl (C=O) groups is 2. The number of amides is 2. The predicted octanol–water partition coefficient (Wildman–Crippen LogP) is -1.01. The Morgan fingerprint density at radius 3 is 2.50 bits per heavy atom. The van der Waals surface area contributed by atoms with E-state index in [1.54, 1.807) is 7.11 Å². The van der Waals surface area contributed by atoms with Crippen LogP contribution in [-0.2, 0) is 14.3 Å². The molecule has 94 valence electrons. The molecule has 0 saturated heterocycles. The molecule has 16 heavy (non-hydrogen) atoms. The van der Waals surface area contributed by atoms with Gasteiger partial charge in [0.25, 0.3) is 0 Å². The van der Waals surface area contributed by atoms with Gasteiger partial charge in [0.05, 0.1) is 6.04 Å². The summed E-state index contributed by atoms with van der Waals surface area (Å²) in [5.41, 5.74) is 5.65. The molecule has 0 radical (unpaired) electrons. The fourth-order valence-corrected chi connectivity index (χ4v) is 1.13. The summed E-state index contributed by atoms with van der Waals surface area (Å²) in [6.45, 7) is 2.85. The lowest BCUT2D eigenvalue weighted by Gasteiger charge is -2.11. The zero-order chi connectivity index (χ0) is 12.4. The van der Waals surface area contributed by atoms with Crippen molar-refractivity contribution in [3.8, 4) is 0 Å². The summed E-state index contributed by atoms with van der Waals surface area (Å²) in [6.07, 6.45) is 1.36. The van der Waals surface area contributed by atoms with Crippen LogP contribution >= 0.6 is 0 Å². The number of nitrogens with two attached hydrogens (primary N) is 1. The van der Waals surface area contributed by atoms with Crippen molar-refractivity contribution in [1.29, 1.82) is 0 Å². The lowest BCUT2D eigenvalue weighted by Crippen LogP contribution is -2.43. The highest BCUT2D eigenvalue weighted by molar-refractivity contribution is 5.81. The van der Waals surface area contributed by atoms with Crippen LogP contribution in [0.2, 0.25) is 0 Å². The highest BCUT2D eigenvalue weighted by atomic mass is 16.5. The van der Waals surface area contributed by atoms with Gasteiger partial charge in [-0.3, -0.25) is 9.59 Å². The summed E-state index contributed by atoms with van der Waals surface area (Å²) < 4.78 is 4.86. The smallest absolute Gasteiger partial charge is 0.236 e. The third-order valence-corrected chi connectivity index (χ3v) is 2.00. The lowest BCUT2D eigenvalue weighted by atomic mass is 10.1. The Bertz CT molecular complexity index is 221. The summed E-state index contributed by atoms with van der Waals surface area (Å²) in [4.78, 5) is 21.9. The molecule has 0 fully saturated rings. The van der Waals surface area contributed by atoms with Crippen LogP contribution in [0.1, 0.15) is 19.8 Å². The summed E-state index contributed by atoms with van der Waals surface area (Å²) in [5, 5.41) is 5.22. The van der Waals surface area contributed by atoms with Gasteiger partial charge in [-0.25, -0.2) is 0 Å². The van der Waals surface area contributed by atoms with E-state index in [-0.39, 0.29) is 11.8 Å². The first-order valence-electron chi connectivity index (χ1n) is 5.34. The zero-order valence-corrected chi connectivity index (χ0v) is 9.91. The molecule has 0 aromatic rings. The second kappa shape index (κ2) is 9.11. The molecule has 0 aliphatic carbocycles. The maximum Gasteiger partial charge on any atom is 0.236 e. The van der Waals surface area contributed by atoms with E-state index in [4.69, 9.17) is 10.5 Å². The number of ether oxygens (including phenoxy) is 1. The molecule has 4 N–H and O–H groups in total. The van der Waals surface area contributed by atoms with Crippen molar-refractivity contribution in [2.75, 3.05) is 26.8 Å². The number of rotatable bonds is 8. The Balaban J connectivity index is 3.51. The van der Waals surface area contributed by atoms with Crippen LogP contribution in [0.5, 0.6) is 0 Å². The second-order valence-corrected chi connectivity index (χ2v) is 3.52. The monoisotopic (exact) mass is 231 g/mol. The number of hydrogen-bond acceptors (Lipinski definition) is 4. The van der Waals surface area contributed by atoms with Crippen LogP contribution in [0.3, 0.4) is 0 Å². The molecule has 0 aromatic heterocycles. The first kappa shape index (κ1) is 14.9. The van der Waals surface area contributed by atoms with Crippen LogP contribution in [0.25, 0.3) is 0 Å². The van der Waals surface area contributed by atoms with E-state index in [2.05, 4.69) is 10.6 Å².